The number of aliphatic imine (C=N–C) groups is 1. The molecule has 3 N–H and O–H groups in total. The van der Waals surface area contributed by atoms with Gasteiger partial charge < -0.3 is 9.64 Å². The first kappa shape index (κ1) is 14.5. The standard InChI is InChI=1S/C13H22N4O/c1-11-5-7-12(8-6-11)17(2)13(16-14)15-9-4-10-18-3/h5-8H,4,9-10,14H2,1-3H3,(H,15,16). The minimum Gasteiger partial charge on any atom is -0.385 e. The van der Waals surface area contributed by atoms with Crippen molar-refractivity contribution in [3.8, 4) is 0 Å². The van der Waals surface area contributed by atoms with Gasteiger partial charge in [-0.15, -0.1) is 0 Å². The van der Waals surface area contributed by atoms with Crippen LogP contribution in [0.4, 0.5) is 5.69 Å². The van der Waals surface area contributed by atoms with E-state index in [1.165, 1.54) is 5.56 Å². The minimum absolute atomic E-state index is 0.648. The van der Waals surface area contributed by atoms with Crippen molar-refractivity contribution in [1.82, 2.24) is 5.43 Å². The lowest BCUT2D eigenvalue weighted by atomic mass is 10.2. The van der Waals surface area contributed by atoms with Gasteiger partial charge in [0, 0.05) is 33.0 Å². The molecule has 0 amide bonds. The predicted octanol–water partition coefficient (Wildman–Crippen LogP) is 1.29. The highest BCUT2D eigenvalue weighted by molar-refractivity contribution is 5.95. The lowest BCUT2D eigenvalue weighted by molar-refractivity contribution is 0.197. The van der Waals surface area contributed by atoms with Gasteiger partial charge in [-0.05, 0) is 25.5 Å². The van der Waals surface area contributed by atoms with E-state index in [0.717, 1.165) is 12.1 Å². The fourth-order valence-electron chi connectivity index (χ4n) is 1.53. The molecule has 0 bridgehead atoms. The molecule has 0 unspecified atom stereocenters. The number of benzene rings is 1. The summed E-state index contributed by atoms with van der Waals surface area (Å²) < 4.78 is 4.98. The van der Waals surface area contributed by atoms with Crippen LogP contribution in [-0.2, 0) is 4.74 Å². The molecule has 0 heterocycles. The molecule has 1 aromatic rings. The van der Waals surface area contributed by atoms with Crippen LogP contribution in [0.15, 0.2) is 29.3 Å². The van der Waals surface area contributed by atoms with Gasteiger partial charge in [0.05, 0.1) is 0 Å². The molecular weight excluding hydrogens is 228 g/mol. The molecular formula is C13H22N4O. The third kappa shape index (κ3) is 4.35. The number of aryl methyl sites for hydroxylation is 1. The van der Waals surface area contributed by atoms with Crippen LogP contribution in [-0.4, -0.2) is 33.3 Å². The maximum absolute atomic E-state index is 5.50. The summed E-state index contributed by atoms with van der Waals surface area (Å²) >= 11 is 0. The highest BCUT2D eigenvalue weighted by atomic mass is 16.5. The number of hydrazine groups is 1. The van der Waals surface area contributed by atoms with Crippen LogP contribution >= 0.6 is 0 Å². The van der Waals surface area contributed by atoms with Gasteiger partial charge in [0.15, 0.2) is 0 Å². The third-order valence-electron chi connectivity index (χ3n) is 2.64. The van der Waals surface area contributed by atoms with Gasteiger partial charge in [0.2, 0.25) is 5.96 Å². The van der Waals surface area contributed by atoms with E-state index in [2.05, 4.69) is 29.5 Å². The van der Waals surface area contributed by atoms with Crippen LogP contribution in [0.25, 0.3) is 0 Å². The third-order valence-corrected chi connectivity index (χ3v) is 2.64. The maximum Gasteiger partial charge on any atom is 0.212 e. The van der Waals surface area contributed by atoms with Crippen molar-refractivity contribution in [2.45, 2.75) is 13.3 Å². The van der Waals surface area contributed by atoms with Gasteiger partial charge in [-0.2, -0.15) is 0 Å². The zero-order chi connectivity index (χ0) is 13.4. The first-order chi connectivity index (χ1) is 8.69. The van der Waals surface area contributed by atoms with Gasteiger partial charge in [-0.3, -0.25) is 10.4 Å². The molecule has 0 spiro atoms. The van der Waals surface area contributed by atoms with Gasteiger partial charge in [0.25, 0.3) is 0 Å². The van der Waals surface area contributed by atoms with E-state index in [1.54, 1.807) is 7.11 Å². The Hall–Kier alpha value is -1.59. The van der Waals surface area contributed by atoms with Gasteiger partial charge in [-0.25, -0.2) is 5.84 Å². The van der Waals surface area contributed by atoms with Crippen LogP contribution in [0.3, 0.4) is 0 Å². The maximum atomic E-state index is 5.50. The summed E-state index contributed by atoms with van der Waals surface area (Å²) in [6, 6.07) is 8.20. The van der Waals surface area contributed by atoms with Crippen molar-refractivity contribution >= 4 is 11.6 Å². The minimum atomic E-state index is 0.648. The summed E-state index contributed by atoms with van der Waals surface area (Å²) in [5.41, 5.74) is 4.90. The Morgan fingerprint density at radius 2 is 2.06 bits per heavy atom. The molecule has 1 rings (SSSR count). The molecule has 0 aromatic heterocycles. The summed E-state index contributed by atoms with van der Waals surface area (Å²) in [5.74, 6) is 6.15. The summed E-state index contributed by atoms with van der Waals surface area (Å²) in [7, 11) is 3.61. The van der Waals surface area contributed by atoms with Crippen LogP contribution in [0.5, 0.6) is 0 Å². The van der Waals surface area contributed by atoms with Crippen LogP contribution in [0.2, 0.25) is 0 Å². The molecule has 0 radical (unpaired) electrons. The van der Waals surface area contributed by atoms with Crippen LogP contribution in [0.1, 0.15) is 12.0 Å². The summed E-state index contributed by atoms with van der Waals surface area (Å²) in [6.45, 7) is 3.45. The predicted molar refractivity (Wildman–Crippen MR) is 75.7 cm³/mol. The summed E-state index contributed by atoms with van der Waals surface area (Å²) in [4.78, 5) is 6.33. The Morgan fingerprint density at radius 1 is 1.39 bits per heavy atom. The lowest BCUT2D eigenvalue weighted by Crippen LogP contribution is -2.43. The van der Waals surface area contributed by atoms with Crippen molar-refractivity contribution in [3.05, 3.63) is 29.8 Å². The van der Waals surface area contributed by atoms with Crippen molar-refractivity contribution in [1.29, 1.82) is 0 Å². The SMILES string of the molecule is COCCCN=C(NN)N(C)c1ccc(C)cc1. The summed E-state index contributed by atoms with van der Waals surface area (Å²) in [5, 5.41) is 0. The number of ether oxygens (including phenoxy) is 1. The van der Waals surface area contributed by atoms with E-state index in [4.69, 9.17) is 10.6 Å². The average Bonchev–Trinajstić information content (AvgIpc) is 2.39. The average molecular weight is 250 g/mol. The zero-order valence-electron chi connectivity index (χ0n) is 11.3. The fraction of sp³-hybridized carbons (Fsp3) is 0.462. The zero-order valence-corrected chi connectivity index (χ0v) is 11.3. The number of nitrogens with two attached hydrogens (primary N) is 1. The van der Waals surface area contributed by atoms with Gasteiger partial charge >= 0.3 is 0 Å². The van der Waals surface area contributed by atoms with Crippen LogP contribution < -0.4 is 16.2 Å². The van der Waals surface area contributed by atoms with E-state index in [1.807, 2.05) is 24.1 Å². The number of hydrogen-bond donors (Lipinski definition) is 2. The van der Waals surface area contributed by atoms with Crippen molar-refractivity contribution in [2.75, 3.05) is 32.2 Å². The molecule has 5 nitrogen and oxygen atoms in total. The summed E-state index contributed by atoms with van der Waals surface area (Å²) in [6.07, 6.45) is 0.878. The molecule has 0 aliphatic carbocycles. The Bertz CT molecular complexity index is 375. The first-order valence-electron chi connectivity index (χ1n) is 5.99. The largest absolute Gasteiger partial charge is 0.385 e. The first-order valence-corrected chi connectivity index (χ1v) is 5.99. The number of nitrogens with zero attached hydrogens (tertiary/aromatic N) is 2. The smallest absolute Gasteiger partial charge is 0.212 e. The second-order valence-electron chi connectivity index (χ2n) is 4.09. The Morgan fingerprint density at radius 3 is 2.61 bits per heavy atom. The second kappa shape index (κ2) is 7.68. The normalized spacial score (nSPS) is 11.4. The van der Waals surface area contributed by atoms with Crippen molar-refractivity contribution in [2.24, 2.45) is 10.8 Å². The molecule has 100 valence electrons. The molecule has 0 saturated carbocycles. The Balaban J connectivity index is 2.66. The number of guanidine groups is 1. The van der Waals surface area contributed by atoms with Crippen LogP contribution in [0, 0.1) is 6.92 Å². The van der Waals surface area contributed by atoms with Crippen molar-refractivity contribution in [3.63, 3.8) is 0 Å². The molecule has 0 atom stereocenters. The number of hydrogen-bond acceptors (Lipinski definition) is 3. The topological polar surface area (TPSA) is 62.9 Å². The van der Waals surface area contributed by atoms with E-state index >= 15 is 0 Å². The fourth-order valence-corrected chi connectivity index (χ4v) is 1.53. The molecule has 0 aliphatic heterocycles. The second-order valence-corrected chi connectivity index (χ2v) is 4.09. The number of anilines is 1. The molecule has 0 aliphatic rings. The Labute approximate surface area is 109 Å². The molecule has 18 heavy (non-hydrogen) atoms. The van der Waals surface area contributed by atoms with E-state index in [-0.39, 0.29) is 0 Å². The number of nitrogens with one attached hydrogen (secondary N) is 1. The van der Waals surface area contributed by atoms with Gasteiger partial charge in [0.1, 0.15) is 0 Å². The molecule has 1 aromatic carbocycles. The number of methoxy groups -OCH3 is 1. The molecule has 5 heteroatoms. The van der Waals surface area contributed by atoms with Crippen molar-refractivity contribution < 1.29 is 4.74 Å². The molecule has 0 fully saturated rings. The van der Waals surface area contributed by atoms with Gasteiger partial charge in [-0.1, -0.05) is 17.7 Å². The highest BCUT2D eigenvalue weighted by Crippen LogP contribution is 2.13. The molecule has 0 saturated heterocycles. The lowest BCUT2D eigenvalue weighted by Gasteiger charge is -2.20. The Kier molecular flexibility index (Phi) is 6.18. The number of rotatable bonds is 5. The highest BCUT2D eigenvalue weighted by Gasteiger charge is 2.06. The van der Waals surface area contributed by atoms with E-state index in [9.17, 15) is 0 Å². The van der Waals surface area contributed by atoms with E-state index < -0.39 is 0 Å². The monoisotopic (exact) mass is 250 g/mol. The quantitative estimate of drug-likeness (QED) is 0.272. The van der Waals surface area contributed by atoms with E-state index in [0.29, 0.717) is 19.1 Å².